The molecule has 0 saturated heterocycles. The lowest BCUT2D eigenvalue weighted by Gasteiger charge is -2.28. The maximum Gasteiger partial charge on any atom is 0.407 e. The summed E-state index contributed by atoms with van der Waals surface area (Å²) in [5.41, 5.74) is 0.964. The minimum absolute atomic E-state index is 0.0560. The van der Waals surface area contributed by atoms with Crippen LogP contribution in [0.3, 0.4) is 0 Å². The highest BCUT2D eigenvalue weighted by Crippen LogP contribution is 2.25. The Bertz CT molecular complexity index is 736. The molecule has 0 saturated carbocycles. The number of fused-ring (bicyclic) bond motifs is 1. The SMILES string of the molecule is CC(C)CN1C[C@H](CCCCNC(=O)OC(C)(C)C)NC(=O)c2nn(CC(C)C)cc21. The molecule has 2 rings (SSSR count). The fraction of sp³-hybridized carbons (Fsp3) is 0.783. The van der Waals surface area contributed by atoms with Crippen LogP contribution in [0.4, 0.5) is 10.5 Å². The van der Waals surface area contributed by atoms with Gasteiger partial charge in [-0.05, 0) is 51.9 Å². The molecule has 176 valence electrons. The fourth-order valence-electron chi connectivity index (χ4n) is 3.73. The molecule has 0 radical (unpaired) electrons. The predicted octanol–water partition coefficient (Wildman–Crippen LogP) is 3.81. The normalized spacial score (nSPS) is 16.9. The molecule has 1 aliphatic rings. The summed E-state index contributed by atoms with van der Waals surface area (Å²) < 4.78 is 7.15. The van der Waals surface area contributed by atoms with Gasteiger partial charge in [-0.3, -0.25) is 9.48 Å². The van der Waals surface area contributed by atoms with E-state index in [2.05, 4.69) is 48.3 Å². The van der Waals surface area contributed by atoms with Gasteiger partial charge in [-0.15, -0.1) is 0 Å². The van der Waals surface area contributed by atoms with Gasteiger partial charge in [0.05, 0.1) is 5.69 Å². The van der Waals surface area contributed by atoms with Crippen molar-refractivity contribution < 1.29 is 14.3 Å². The van der Waals surface area contributed by atoms with Gasteiger partial charge in [0.2, 0.25) is 0 Å². The van der Waals surface area contributed by atoms with Gasteiger partial charge in [0.1, 0.15) is 5.60 Å². The van der Waals surface area contributed by atoms with E-state index in [0.717, 1.165) is 44.6 Å². The van der Waals surface area contributed by atoms with E-state index in [1.165, 1.54) is 0 Å². The van der Waals surface area contributed by atoms with Crippen LogP contribution in [0.2, 0.25) is 0 Å². The largest absolute Gasteiger partial charge is 0.444 e. The Kier molecular flexibility index (Phi) is 8.77. The number of unbranched alkanes of at least 4 members (excludes halogenated alkanes) is 1. The molecule has 2 N–H and O–H groups in total. The van der Waals surface area contributed by atoms with Crippen LogP contribution < -0.4 is 15.5 Å². The Morgan fingerprint density at radius 3 is 2.52 bits per heavy atom. The molecule has 8 heteroatoms. The number of alkyl carbamates (subject to hydrolysis) is 1. The summed E-state index contributed by atoms with van der Waals surface area (Å²) in [6.45, 7) is 17.2. The molecule has 0 bridgehead atoms. The van der Waals surface area contributed by atoms with E-state index in [-0.39, 0.29) is 18.0 Å². The van der Waals surface area contributed by atoms with Crippen LogP contribution in [0.5, 0.6) is 0 Å². The first-order chi connectivity index (χ1) is 14.4. The lowest BCUT2D eigenvalue weighted by atomic mass is 10.1. The van der Waals surface area contributed by atoms with E-state index in [4.69, 9.17) is 4.74 Å². The van der Waals surface area contributed by atoms with E-state index in [1.54, 1.807) is 0 Å². The summed E-state index contributed by atoms with van der Waals surface area (Å²) in [6.07, 6.45) is 4.22. The van der Waals surface area contributed by atoms with Crippen molar-refractivity contribution in [1.82, 2.24) is 20.4 Å². The van der Waals surface area contributed by atoms with Crippen LogP contribution in [0.1, 0.15) is 78.2 Å². The number of anilines is 1. The summed E-state index contributed by atoms with van der Waals surface area (Å²) in [6, 6.07) is 0.0560. The highest BCUT2D eigenvalue weighted by atomic mass is 16.6. The maximum absolute atomic E-state index is 12.9. The van der Waals surface area contributed by atoms with Gasteiger partial charge in [-0.2, -0.15) is 5.10 Å². The molecule has 1 atom stereocenters. The second-order valence-electron chi connectivity index (χ2n) is 10.4. The molecule has 1 aromatic rings. The first-order valence-corrected chi connectivity index (χ1v) is 11.5. The van der Waals surface area contributed by atoms with E-state index in [9.17, 15) is 9.59 Å². The minimum atomic E-state index is -0.491. The van der Waals surface area contributed by atoms with Crippen molar-refractivity contribution in [2.24, 2.45) is 11.8 Å². The third kappa shape index (κ3) is 8.42. The van der Waals surface area contributed by atoms with Crippen molar-refractivity contribution >= 4 is 17.7 Å². The van der Waals surface area contributed by atoms with Crippen molar-refractivity contribution in [2.75, 3.05) is 24.5 Å². The van der Waals surface area contributed by atoms with Gasteiger partial charge in [-0.1, -0.05) is 27.7 Å². The average Bonchev–Trinajstić information content (AvgIpc) is 2.97. The van der Waals surface area contributed by atoms with E-state index in [0.29, 0.717) is 24.1 Å². The Balaban J connectivity index is 1.93. The Morgan fingerprint density at radius 1 is 1.23 bits per heavy atom. The highest BCUT2D eigenvalue weighted by Gasteiger charge is 2.29. The van der Waals surface area contributed by atoms with Crippen LogP contribution in [0, 0.1) is 11.8 Å². The number of hydrogen-bond acceptors (Lipinski definition) is 5. The first-order valence-electron chi connectivity index (χ1n) is 11.5. The molecule has 8 nitrogen and oxygen atoms in total. The highest BCUT2D eigenvalue weighted by molar-refractivity contribution is 5.98. The Labute approximate surface area is 187 Å². The number of carbonyl (C=O) groups is 2. The number of nitrogens with zero attached hydrogens (tertiary/aromatic N) is 3. The van der Waals surface area contributed by atoms with Crippen molar-refractivity contribution in [3.05, 3.63) is 11.9 Å². The minimum Gasteiger partial charge on any atom is -0.444 e. The first kappa shape index (κ1) is 25.0. The predicted molar refractivity (Wildman–Crippen MR) is 123 cm³/mol. The van der Waals surface area contributed by atoms with Gasteiger partial charge in [0, 0.05) is 38.4 Å². The number of aromatic nitrogens is 2. The van der Waals surface area contributed by atoms with Crippen molar-refractivity contribution in [2.45, 2.75) is 85.9 Å². The van der Waals surface area contributed by atoms with Gasteiger partial charge < -0.3 is 20.3 Å². The molecule has 0 aliphatic carbocycles. The topological polar surface area (TPSA) is 88.5 Å². The fourth-order valence-corrected chi connectivity index (χ4v) is 3.73. The maximum atomic E-state index is 12.9. The average molecular weight is 436 g/mol. The Morgan fingerprint density at radius 2 is 1.90 bits per heavy atom. The summed E-state index contributed by atoms with van der Waals surface area (Å²) in [4.78, 5) is 26.9. The van der Waals surface area contributed by atoms with E-state index < -0.39 is 5.60 Å². The molecule has 1 aliphatic heterocycles. The monoisotopic (exact) mass is 435 g/mol. The standard InChI is InChI=1S/C23H41N5O3/c1-16(2)12-27-14-18(10-8-9-11-24-22(30)31-23(5,6)7)25-21(29)20-19(27)15-28(26-20)13-17(3)4/h15-18H,8-14H2,1-7H3,(H,24,30)(H,25,29)/t18-/m0/s1. The number of amides is 2. The van der Waals surface area contributed by atoms with Gasteiger partial charge in [0.15, 0.2) is 5.69 Å². The number of nitrogens with one attached hydrogen (secondary N) is 2. The quantitative estimate of drug-likeness (QED) is 0.576. The van der Waals surface area contributed by atoms with Gasteiger partial charge in [0.25, 0.3) is 5.91 Å². The number of carbonyl (C=O) groups excluding carboxylic acids is 2. The third-order valence-electron chi connectivity index (χ3n) is 4.86. The zero-order valence-electron chi connectivity index (χ0n) is 20.3. The zero-order chi connectivity index (χ0) is 23.2. The van der Waals surface area contributed by atoms with Crippen LogP contribution in [0.25, 0.3) is 0 Å². The zero-order valence-corrected chi connectivity index (χ0v) is 20.3. The van der Waals surface area contributed by atoms with Gasteiger partial charge >= 0.3 is 6.09 Å². The van der Waals surface area contributed by atoms with Crippen molar-refractivity contribution in [3.8, 4) is 0 Å². The van der Waals surface area contributed by atoms with Gasteiger partial charge in [-0.25, -0.2) is 4.79 Å². The van der Waals surface area contributed by atoms with Crippen LogP contribution in [0.15, 0.2) is 6.20 Å². The van der Waals surface area contributed by atoms with E-state index >= 15 is 0 Å². The summed E-state index contributed by atoms with van der Waals surface area (Å²) in [7, 11) is 0. The number of ether oxygens (including phenoxy) is 1. The second kappa shape index (κ2) is 10.9. The van der Waals surface area contributed by atoms with Crippen molar-refractivity contribution in [1.29, 1.82) is 0 Å². The molecule has 0 aromatic carbocycles. The summed E-state index contributed by atoms with van der Waals surface area (Å²) >= 11 is 0. The van der Waals surface area contributed by atoms with Crippen LogP contribution >= 0.6 is 0 Å². The summed E-state index contributed by atoms with van der Waals surface area (Å²) in [5.74, 6) is 0.848. The smallest absolute Gasteiger partial charge is 0.407 e. The molecule has 1 aromatic heterocycles. The van der Waals surface area contributed by atoms with Crippen LogP contribution in [-0.4, -0.2) is 53.1 Å². The number of hydrogen-bond donors (Lipinski definition) is 2. The molecule has 0 unspecified atom stereocenters. The Hall–Kier alpha value is -2.25. The van der Waals surface area contributed by atoms with E-state index in [1.807, 2.05) is 31.6 Å². The van der Waals surface area contributed by atoms with Crippen LogP contribution in [-0.2, 0) is 11.3 Å². The molecular formula is C23H41N5O3. The lowest BCUT2D eigenvalue weighted by molar-refractivity contribution is 0.0527. The van der Waals surface area contributed by atoms with Crippen molar-refractivity contribution in [3.63, 3.8) is 0 Å². The molecule has 2 amide bonds. The molecule has 0 spiro atoms. The summed E-state index contributed by atoms with van der Waals surface area (Å²) in [5, 5.41) is 10.5. The number of rotatable bonds is 9. The molecule has 2 heterocycles. The third-order valence-corrected chi connectivity index (χ3v) is 4.86. The molecular weight excluding hydrogens is 394 g/mol. The molecule has 31 heavy (non-hydrogen) atoms. The molecule has 0 fully saturated rings. The second-order valence-corrected chi connectivity index (χ2v) is 10.4. The lowest BCUT2D eigenvalue weighted by Crippen LogP contribution is -2.42.